The van der Waals surface area contributed by atoms with Gasteiger partial charge in [0.2, 0.25) is 0 Å². The van der Waals surface area contributed by atoms with Gasteiger partial charge in [-0.25, -0.2) is 15.0 Å². The number of rotatable bonds is 4. The van der Waals surface area contributed by atoms with Crippen LogP contribution in [0.25, 0.3) is 34.2 Å². The second-order valence-electron chi connectivity index (χ2n) is 6.66. The van der Waals surface area contributed by atoms with Gasteiger partial charge in [0.15, 0.2) is 17.5 Å². The summed E-state index contributed by atoms with van der Waals surface area (Å²) in [4.78, 5) is 18.7. The van der Waals surface area contributed by atoms with Crippen LogP contribution in [0, 0.1) is 0 Å². The number of nitrogens with zero attached hydrogens (tertiary/aromatic N) is 4. The number of aromatic nitrogens is 4. The van der Waals surface area contributed by atoms with Crippen LogP contribution in [-0.4, -0.2) is 19.9 Å². The van der Waals surface area contributed by atoms with Crippen molar-refractivity contribution in [3.63, 3.8) is 0 Å². The van der Waals surface area contributed by atoms with Crippen molar-refractivity contribution >= 4 is 0 Å². The first-order valence-corrected chi connectivity index (χ1v) is 9.04. The molecule has 4 rings (SSSR count). The zero-order valence-corrected chi connectivity index (χ0v) is 15.4. The van der Waals surface area contributed by atoms with E-state index in [-0.39, 0.29) is 0 Å². The molecule has 0 saturated carbocycles. The van der Waals surface area contributed by atoms with Crippen LogP contribution >= 0.6 is 0 Å². The minimum atomic E-state index is 0.342. The normalized spacial score (nSPS) is 10.9. The molecule has 2 aromatic heterocycles. The van der Waals surface area contributed by atoms with Gasteiger partial charge < -0.3 is 0 Å². The Morgan fingerprint density at radius 1 is 0.593 bits per heavy atom. The Hall–Kier alpha value is -3.40. The average Bonchev–Trinajstić information content (AvgIpc) is 2.75. The Balaban J connectivity index is 1.90. The molecule has 0 amide bonds. The van der Waals surface area contributed by atoms with E-state index in [1.807, 2.05) is 72.9 Å². The lowest BCUT2D eigenvalue weighted by atomic mass is 10.1. The summed E-state index contributed by atoms with van der Waals surface area (Å²) in [5, 5.41) is 0. The molecular formula is C23H20N4. The van der Waals surface area contributed by atoms with E-state index in [1.54, 1.807) is 0 Å². The van der Waals surface area contributed by atoms with Crippen molar-refractivity contribution in [2.75, 3.05) is 0 Å². The fourth-order valence-corrected chi connectivity index (χ4v) is 2.84. The van der Waals surface area contributed by atoms with E-state index in [0.29, 0.717) is 23.4 Å². The summed E-state index contributed by atoms with van der Waals surface area (Å²) in [6.07, 6.45) is 1.82. The average molecular weight is 352 g/mol. The van der Waals surface area contributed by atoms with Crippen molar-refractivity contribution in [1.29, 1.82) is 0 Å². The van der Waals surface area contributed by atoms with Crippen molar-refractivity contribution < 1.29 is 0 Å². The monoisotopic (exact) mass is 352 g/mol. The molecule has 0 fully saturated rings. The fourth-order valence-electron chi connectivity index (χ4n) is 2.84. The van der Waals surface area contributed by atoms with E-state index in [9.17, 15) is 0 Å². The molecule has 0 bridgehead atoms. The van der Waals surface area contributed by atoms with E-state index in [0.717, 1.165) is 22.4 Å². The zero-order chi connectivity index (χ0) is 18.6. The molecular weight excluding hydrogens is 332 g/mol. The van der Waals surface area contributed by atoms with Crippen LogP contribution in [0.2, 0.25) is 0 Å². The SMILES string of the molecule is CC(C)c1cc(-c2nc(-c3ccccc3)nc(-c3ccccc3)n2)ccn1. The lowest BCUT2D eigenvalue weighted by molar-refractivity contribution is 0.823. The molecule has 0 radical (unpaired) electrons. The third-order valence-electron chi connectivity index (χ3n) is 4.33. The maximum absolute atomic E-state index is 4.75. The highest BCUT2D eigenvalue weighted by molar-refractivity contribution is 5.66. The highest BCUT2D eigenvalue weighted by Gasteiger charge is 2.13. The third kappa shape index (κ3) is 3.75. The van der Waals surface area contributed by atoms with Crippen LogP contribution in [0.4, 0.5) is 0 Å². The molecule has 0 saturated heterocycles. The van der Waals surface area contributed by atoms with Crippen LogP contribution in [0.5, 0.6) is 0 Å². The highest BCUT2D eigenvalue weighted by Crippen LogP contribution is 2.25. The van der Waals surface area contributed by atoms with Crippen molar-refractivity contribution in [3.8, 4) is 34.2 Å². The molecule has 132 valence electrons. The second kappa shape index (κ2) is 7.46. The maximum Gasteiger partial charge on any atom is 0.164 e. The molecule has 4 heteroatoms. The summed E-state index contributed by atoms with van der Waals surface area (Å²) in [5.41, 5.74) is 3.91. The van der Waals surface area contributed by atoms with Gasteiger partial charge in [0.05, 0.1) is 0 Å². The number of hydrogen-bond acceptors (Lipinski definition) is 4. The molecule has 4 aromatic rings. The Morgan fingerprint density at radius 3 is 1.56 bits per heavy atom. The molecule has 0 spiro atoms. The van der Waals surface area contributed by atoms with Crippen LogP contribution in [-0.2, 0) is 0 Å². The topological polar surface area (TPSA) is 51.6 Å². The molecule has 0 aliphatic rings. The molecule has 0 atom stereocenters. The summed E-state index contributed by atoms with van der Waals surface area (Å²) in [6.45, 7) is 4.26. The summed E-state index contributed by atoms with van der Waals surface area (Å²) < 4.78 is 0. The summed E-state index contributed by atoms with van der Waals surface area (Å²) in [6, 6.07) is 24.0. The first-order valence-electron chi connectivity index (χ1n) is 9.04. The lowest BCUT2D eigenvalue weighted by Crippen LogP contribution is -2.01. The predicted octanol–water partition coefficient (Wildman–Crippen LogP) is 5.39. The van der Waals surface area contributed by atoms with Crippen LogP contribution in [0.15, 0.2) is 79.0 Å². The van der Waals surface area contributed by atoms with Gasteiger partial charge in [-0.3, -0.25) is 4.98 Å². The Kier molecular flexibility index (Phi) is 4.71. The fraction of sp³-hybridized carbons (Fsp3) is 0.130. The van der Waals surface area contributed by atoms with Crippen LogP contribution < -0.4 is 0 Å². The Morgan fingerprint density at radius 2 is 1.07 bits per heavy atom. The van der Waals surface area contributed by atoms with Gasteiger partial charge in [-0.2, -0.15) is 0 Å². The molecule has 0 aliphatic heterocycles. The summed E-state index contributed by atoms with van der Waals surface area (Å²) >= 11 is 0. The molecule has 0 unspecified atom stereocenters. The first-order chi connectivity index (χ1) is 13.2. The van der Waals surface area contributed by atoms with Crippen LogP contribution in [0.3, 0.4) is 0 Å². The Bertz CT molecular complexity index is 986. The quantitative estimate of drug-likeness (QED) is 0.494. The second-order valence-corrected chi connectivity index (χ2v) is 6.66. The van der Waals surface area contributed by atoms with E-state index in [2.05, 4.69) is 24.9 Å². The number of pyridine rings is 1. The van der Waals surface area contributed by atoms with E-state index in [4.69, 9.17) is 15.0 Å². The van der Waals surface area contributed by atoms with E-state index < -0.39 is 0 Å². The standard InChI is InChI=1S/C23H20N4/c1-16(2)20-15-19(13-14-24-20)23-26-21(17-9-5-3-6-10-17)25-22(27-23)18-11-7-4-8-12-18/h3-16H,1-2H3. The van der Waals surface area contributed by atoms with Gasteiger partial charge in [0, 0.05) is 28.6 Å². The molecule has 0 N–H and O–H groups in total. The molecule has 2 aromatic carbocycles. The maximum atomic E-state index is 4.75. The van der Waals surface area contributed by atoms with Crippen molar-refractivity contribution in [2.45, 2.75) is 19.8 Å². The summed E-state index contributed by atoms with van der Waals surface area (Å²) in [5.74, 6) is 2.34. The van der Waals surface area contributed by atoms with Gasteiger partial charge in [-0.1, -0.05) is 74.5 Å². The highest BCUT2D eigenvalue weighted by atomic mass is 15.0. The van der Waals surface area contributed by atoms with Crippen molar-refractivity contribution in [2.24, 2.45) is 0 Å². The van der Waals surface area contributed by atoms with Crippen LogP contribution in [0.1, 0.15) is 25.5 Å². The smallest absolute Gasteiger partial charge is 0.164 e. The molecule has 27 heavy (non-hydrogen) atoms. The van der Waals surface area contributed by atoms with Gasteiger partial charge in [-0.15, -0.1) is 0 Å². The molecule has 2 heterocycles. The van der Waals surface area contributed by atoms with Gasteiger partial charge in [-0.05, 0) is 18.1 Å². The largest absolute Gasteiger partial charge is 0.261 e. The number of hydrogen-bond donors (Lipinski definition) is 0. The van der Waals surface area contributed by atoms with E-state index >= 15 is 0 Å². The van der Waals surface area contributed by atoms with Gasteiger partial charge in [0.25, 0.3) is 0 Å². The minimum absolute atomic E-state index is 0.342. The van der Waals surface area contributed by atoms with Gasteiger partial charge >= 0.3 is 0 Å². The minimum Gasteiger partial charge on any atom is -0.261 e. The van der Waals surface area contributed by atoms with Crippen molar-refractivity contribution in [3.05, 3.63) is 84.7 Å². The number of benzene rings is 2. The van der Waals surface area contributed by atoms with Gasteiger partial charge in [0.1, 0.15) is 0 Å². The molecule has 4 nitrogen and oxygen atoms in total. The Labute approximate surface area is 159 Å². The lowest BCUT2D eigenvalue weighted by Gasteiger charge is -2.10. The van der Waals surface area contributed by atoms with Crippen molar-refractivity contribution in [1.82, 2.24) is 19.9 Å². The zero-order valence-electron chi connectivity index (χ0n) is 15.4. The predicted molar refractivity (Wildman–Crippen MR) is 108 cm³/mol. The summed E-state index contributed by atoms with van der Waals surface area (Å²) in [7, 11) is 0. The third-order valence-corrected chi connectivity index (χ3v) is 4.33. The molecule has 0 aliphatic carbocycles. The van der Waals surface area contributed by atoms with E-state index in [1.165, 1.54) is 0 Å². The first kappa shape index (κ1) is 17.0.